The van der Waals surface area contributed by atoms with Crippen molar-refractivity contribution in [3.8, 4) is 5.75 Å². The summed E-state index contributed by atoms with van der Waals surface area (Å²) < 4.78 is 5.45. The Morgan fingerprint density at radius 2 is 1.96 bits per heavy atom. The Bertz CT molecular complexity index is 731. The van der Waals surface area contributed by atoms with Crippen LogP contribution in [0.2, 0.25) is 5.02 Å². The average Bonchev–Trinajstić information content (AvgIpc) is 3.41. The maximum Gasteiger partial charge on any atom is 0.119 e. The minimum absolute atomic E-state index is 0.407. The van der Waals surface area contributed by atoms with Gasteiger partial charge in [0.2, 0.25) is 0 Å². The van der Waals surface area contributed by atoms with E-state index in [1.54, 1.807) is 7.11 Å². The van der Waals surface area contributed by atoms with Crippen molar-refractivity contribution >= 4 is 11.6 Å². The molecule has 132 valence electrons. The van der Waals surface area contributed by atoms with E-state index in [1.807, 2.05) is 24.3 Å². The monoisotopic (exact) mass is 356 g/mol. The lowest BCUT2D eigenvalue weighted by Crippen LogP contribution is -2.36. The van der Waals surface area contributed by atoms with Crippen LogP contribution in [0.1, 0.15) is 36.4 Å². The summed E-state index contributed by atoms with van der Waals surface area (Å²) in [5, 5.41) is 4.61. The predicted octanol–water partition coefficient (Wildman–Crippen LogP) is 4.42. The number of nitrogens with zero attached hydrogens (tertiary/aromatic N) is 1. The van der Waals surface area contributed by atoms with Crippen molar-refractivity contribution in [2.75, 3.05) is 13.7 Å². The van der Waals surface area contributed by atoms with Gasteiger partial charge in [0.15, 0.2) is 0 Å². The Morgan fingerprint density at radius 1 is 1.12 bits per heavy atom. The maximum atomic E-state index is 6.32. The molecule has 2 aromatic rings. The normalized spacial score (nSPS) is 23.8. The molecular weight excluding hydrogens is 332 g/mol. The number of likely N-dealkylation sites (tertiary alicyclic amines) is 1. The molecule has 0 unspecified atom stereocenters. The van der Waals surface area contributed by atoms with Crippen molar-refractivity contribution in [3.05, 3.63) is 64.7 Å². The zero-order valence-corrected chi connectivity index (χ0v) is 15.4. The third kappa shape index (κ3) is 3.69. The average molecular weight is 357 g/mol. The lowest BCUT2D eigenvalue weighted by molar-refractivity contribution is 0.226. The van der Waals surface area contributed by atoms with Crippen LogP contribution in [0.3, 0.4) is 0 Å². The quantitative estimate of drug-likeness (QED) is 0.829. The molecule has 1 saturated heterocycles. The molecule has 3 nitrogen and oxygen atoms in total. The fourth-order valence-corrected chi connectivity index (χ4v) is 4.18. The van der Waals surface area contributed by atoms with E-state index in [0.29, 0.717) is 12.1 Å². The molecule has 1 heterocycles. The first-order valence-corrected chi connectivity index (χ1v) is 9.50. The highest BCUT2D eigenvalue weighted by Crippen LogP contribution is 2.41. The molecule has 1 N–H and O–H groups in total. The van der Waals surface area contributed by atoms with Gasteiger partial charge in [-0.2, -0.15) is 0 Å². The number of hydrogen-bond acceptors (Lipinski definition) is 3. The summed E-state index contributed by atoms with van der Waals surface area (Å²) in [6, 6.07) is 18.2. The first-order valence-electron chi connectivity index (χ1n) is 9.13. The second-order valence-corrected chi connectivity index (χ2v) is 7.47. The molecule has 4 heteroatoms. The summed E-state index contributed by atoms with van der Waals surface area (Å²) in [5.74, 6) is 0.935. The zero-order valence-electron chi connectivity index (χ0n) is 14.6. The number of hydrogen-bond donors (Lipinski definition) is 1. The van der Waals surface area contributed by atoms with Gasteiger partial charge in [-0.15, -0.1) is 0 Å². The standard InChI is InChI=1S/C21H25ClN2O/c1-25-18-7-4-6-15(13-18)21-20(11-12-24(21)17-9-10-17)23-14-16-5-2-3-8-19(16)22/h2-8,13,17,20-21,23H,9-12,14H2,1H3/t20-,21+/m0/s1. The third-order valence-electron chi connectivity index (χ3n) is 5.40. The molecule has 0 aromatic heterocycles. The van der Waals surface area contributed by atoms with Crippen LogP contribution < -0.4 is 10.1 Å². The molecular formula is C21H25ClN2O. The summed E-state index contributed by atoms with van der Waals surface area (Å²) >= 11 is 6.32. The van der Waals surface area contributed by atoms with Crippen LogP contribution in [0, 0.1) is 0 Å². The highest BCUT2D eigenvalue weighted by atomic mass is 35.5. The van der Waals surface area contributed by atoms with E-state index in [0.717, 1.165) is 29.9 Å². The Balaban J connectivity index is 1.54. The second-order valence-electron chi connectivity index (χ2n) is 7.06. The summed E-state index contributed by atoms with van der Waals surface area (Å²) in [6.45, 7) is 1.97. The van der Waals surface area contributed by atoms with Gasteiger partial charge in [0, 0.05) is 30.2 Å². The summed E-state index contributed by atoms with van der Waals surface area (Å²) in [5.41, 5.74) is 2.51. The van der Waals surface area contributed by atoms with Gasteiger partial charge in [-0.3, -0.25) is 4.90 Å². The number of halogens is 1. The minimum Gasteiger partial charge on any atom is -0.497 e. The SMILES string of the molecule is COc1cccc([C@@H]2[C@@H](NCc3ccccc3Cl)CCN2C2CC2)c1. The van der Waals surface area contributed by atoms with E-state index in [1.165, 1.54) is 30.4 Å². The Labute approximate surface area is 154 Å². The number of benzene rings is 2. The fourth-order valence-electron chi connectivity index (χ4n) is 3.98. The molecule has 1 aliphatic heterocycles. The van der Waals surface area contributed by atoms with E-state index in [-0.39, 0.29) is 0 Å². The summed E-state index contributed by atoms with van der Waals surface area (Å²) in [6.07, 6.45) is 3.83. The smallest absolute Gasteiger partial charge is 0.119 e. The van der Waals surface area contributed by atoms with Crippen LogP contribution in [0.5, 0.6) is 5.75 Å². The lowest BCUT2D eigenvalue weighted by Gasteiger charge is -2.29. The molecule has 1 aliphatic carbocycles. The molecule has 4 rings (SSSR count). The molecule has 0 spiro atoms. The van der Waals surface area contributed by atoms with Crippen molar-refractivity contribution < 1.29 is 4.74 Å². The van der Waals surface area contributed by atoms with Gasteiger partial charge < -0.3 is 10.1 Å². The van der Waals surface area contributed by atoms with Crippen LogP contribution in [0.25, 0.3) is 0 Å². The molecule has 0 bridgehead atoms. The molecule has 25 heavy (non-hydrogen) atoms. The van der Waals surface area contributed by atoms with Crippen molar-refractivity contribution in [1.29, 1.82) is 0 Å². The maximum absolute atomic E-state index is 6.32. The second kappa shape index (κ2) is 7.36. The van der Waals surface area contributed by atoms with Crippen LogP contribution >= 0.6 is 11.6 Å². The number of rotatable bonds is 6. The van der Waals surface area contributed by atoms with Crippen LogP contribution in [0.4, 0.5) is 0 Å². The Hall–Kier alpha value is -1.55. The van der Waals surface area contributed by atoms with Crippen molar-refractivity contribution in [1.82, 2.24) is 10.2 Å². The van der Waals surface area contributed by atoms with E-state index in [2.05, 4.69) is 34.5 Å². The molecule has 2 aliphatic rings. The minimum atomic E-state index is 0.407. The van der Waals surface area contributed by atoms with Crippen LogP contribution in [-0.4, -0.2) is 30.6 Å². The Kier molecular flexibility index (Phi) is 4.98. The van der Waals surface area contributed by atoms with Crippen molar-refractivity contribution in [3.63, 3.8) is 0 Å². The first-order chi connectivity index (χ1) is 12.3. The first kappa shape index (κ1) is 16.9. The fraction of sp³-hybridized carbons (Fsp3) is 0.429. The summed E-state index contributed by atoms with van der Waals surface area (Å²) in [4.78, 5) is 2.68. The van der Waals surface area contributed by atoms with Gasteiger partial charge in [0.1, 0.15) is 5.75 Å². The molecule has 1 saturated carbocycles. The molecule has 0 radical (unpaired) electrons. The zero-order chi connectivity index (χ0) is 17.2. The molecule has 2 aromatic carbocycles. The van der Waals surface area contributed by atoms with E-state index >= 15 is 0 Å². The topological polar surface area (TPSA) is 24.5 Å². The molecule has 2 fully saturated rings. The summed E-state index contributed by atoms with van der Waals surface area (Å²) in [7, 11) is 1.74. The number of ether oxygens (including phenoxy) is 1. The predicted molar refractivity (Wildman–Crippen MR) is 102 cm³/mol. The number of nitrogens with one attached hydrogen (secondary N) is 1. The third-order valence-corrected chi connectivity index (χ3v) is 5.77. The van der Waals surface area contributed by atoms with Gasteiger partial charge in [0.05, 0.1) is 13.2 Å². The van der Waals surface area contributed by atoms with Gasteiger partial charge in [-0.05, 0) is 48.6 Å². The molecule has 0 amide bonds. The van der Waals surface area contributed by atoms with E-state index in [9.17, 15) is 0 Å². The van der Waals surface area contributed by atoms with E-state index in [4.69, 9.17) is 16.3 Å². The van der Waals surface area contributed by atoms with Crippen molar-refractivity contribution in [2.45, 2.75) is 43.9 Å². The van der Waals surface area contributed by atoms with Crippen LogP contribution in [-0.2, 0) is 6.54 Å². The van der Waals surface area contributed by atoms with Gasteiger partial charge in [-0.1, -0.05) is 41.9 Å². The van der Waals surface area contributed by atoms with Crippen LogP contribution in [0.15, 0.2) is 48.5 Å². The highest BCUT2D eigenvalue weighted by Gasteiger charge is 2.42. The molecule has 2 atom stereocenters. The van der Waals surface area contributed by atoms with Gasteiger partial charge >= 0.3 is 0 Å². The highest BCUT2D eigenvalue weighted by molar-refractivity contribution is 6.31. The van der Waals surface area contributed by atoms with Gasteiger partial charge in [0.25, 0.3) is 0 Å². The lowest BCUT2D eigenvalue weighted by atomic mass is 9.99. The Morgan fingerprint density at radius 3 is 2.72 bits per heavy atom. The van der Waals surface area contributed by atoms with Gasteiger partial charge in [-0.25, -0.2) is 0 Å². The van der Waals surface area contributed by atoms with E-state index < -0.39 is 0 Å². The number of methoxy groups -OCH3 is 1. The van der Waals surface area contributed by atoms with Crippen molar-refractivity contribution in [2.24, 2.45) is 0 Å². The largest absolute Gasteiger partial charge is 0.497 e.